The van der Waals surface area contributed by atoms with Gasteiger partial charge in [0.2, 0.25) is 0 Å². The predicted molar refractivity (Wildman–Crippen MR) is 93.0 cm³/mol. The molecule has 0 amide bonds. The van der Waals surface area contributed by atoms with E-state index in [9.17, 15) is 14.7 Å². The number of carbonyl (C=O) groups is 1. The molecule has 126 valence electrons. The largest absolute Gasteiger partial charge is 0.480 e. The van der Waals surface area contributed by atoms with Crippen LogP contribution in [-0.4, -0.2) is 34.7 Å². The molecule has 0 radical (unpaired) electrons. The molecule has 5 heteroatoms. The highest BCUT2D eigenvalue weighted by molar-refractivity contribution is 5.87. The van der Waals surface area contributed by atoms with E-state index in [4.69, 9.17) is 4.84 Å². The van der Waals surface area contributed by atoms with Crippen molar-refractivity contribution in [3.8, 4) is 0 Å². The molecule has 0 aromatic heterocycles. The van der Waals surface area contributed by atoms with Crippen LogP contribution in [0.15, 0.2) is 71.8 Å². The number of aliphatic carboxylic acids is 1. The van der Waals surface area contributed by atoms with E-state index in [2.05, 4.69) is 0 Å². The summed E-state index contributed by atoms with van der Waals surface area (Å²) >= 11 is 0. The van der Waals surface area contributed by atoms with Crippen LogP contribution in [0.4, 0.5) is 0 Å². The molecule has 0 bridgehead atoms. The summed E-state index contributed by atoms with van der Waals surface area (Å²) < 4.78 is 0. The Morgan fingerprint density at radius 1 is 1.16 bits per heavy atom. The van der Waals surface area contributed by atoms with Gasteiger partial charge in [-0.3, -0.25) is 9.63 Å². The number of benzene rings is 2. The third-order valence-electron chi connectivity index (χ3n) is 3.96. The Labute approximate surface area is 145 Å². The second kappa shape index (κ2) is 7.73. The molecule has 5 nitrogen and oxygen atoms in total. The average Bonchev–Trinajstić information content (AvgIpc) is 2.99. The Hall–Kier alpha value is -2.98. The lowest BCUT2D eigenvalue weighted by atomic mass is 10.0. The molecule has 0 spiro atoms. The van der Waals surface area contributed by atoms with Crippen molar-refractivity contribution in [1.82, 2.24) is 5.06 Å². The van der Waals surface area contributed by atoms with E-state index in [0.29, 0.717) is 5.57 Å². The fourth-order valence-electron chi connectivity index (χ4n) is 2.76. The van der Waals surface area contributed by atoms with Crippen LogP contribution in [0.3, 0.4) is 0 Å². The maximum atomic E-state index is 11.6. The van der Waals surface area contributed by atoms with Crippen LogP contribution in [0.5, 0.6) is 0 Å². The van der Waals surface area contributed by atoms with Crippen molar-refractivity contribution in [2.24, 2.45) is 0 Å². The quantitative estimate of drug-likeness (QED) is 0.851. The molecule has 3 rings (SSSR count). The second-order valence-corrected chi connectivity index (χ2v) is 5.67. The summed E-state index contributed by atoms with van der Waals surface area (Å²) in [5.74, 6) is 0.653. The molecule has 2 aromatic rings. The van der Waals surface area contributed by atoms with Crippen LogP contribution < -0.4 is 0 Å². The van der Waals surface area contributed by atoms with Crippen LogP contribution in [0.1, 0.15) is 11.1 Å². The first-order valence-corrected chi connectivity index (χ1v) is 7.86. The Kier molecular flexibility index (Phi) is 5.21. The molecule has 1 aliphatic rings. The summed E-state index contributed by atoms with van der Waals surface area (Å²) in [6.07, 6.45) is 1.79. The fraction of sp³-hybridized carbons (Fsp3) is 0.150. The van der Waals surface area contributed by atoms with Gasteiger partial charge >= 0.3 is 5.97 Å². The van der Waals surface area contributed by atoms with E-state index in [0.717, 1.165) is 11.1 Å². The van der Waals surface area contributed by atoms with Gasteiger partial charge in [0.05, 0.1) is 18.7 Å². The number of hydroxylamine groups is 2. The van der Waals surface area contributed by atoms with Gasteiger partial charge < -0.3 is 5.11 Å². The first-order valence-electron chi connectivity index (χ1n) is 7.86. The van der Waals surface area contributed by atoms with Gasteiger partial charge in [-0.1, -0.05) is 60.7 Å². The van der Waals surface area contributed by atoms with Crippen molar-refractivity contribution >= 4 is 18.0 Å². The fourth-order valence-corrected chi connectivity index (χ4v) is 2.76. The number of rotatable bonds is 5. The van der Waals surface area contributed by atoms with Gasteiger partial charge in [0.15, 0.2) is 6.04 Å². The van der Waals surface area contributed by atoms with E-state index in [1.165, 1.54) is 5.06 Å². The summed E-state index contributed by atoms with van der Waals surface area (Å²) in [4.78, 5) is 28.7. The standard InChI is InChI=1S/C20H17NO4/c22-13-18-17(11-15-7-3-1-4-8-15)12-21(19(18)20(23)24)25-14-16-9-5-2-6-10-16/h1-11,19H,12,14H2,(H,23,24)/t19-/m0/s1. The molecule has 0 aliphatic carbocycles. The molecule has 1 atom stereocenters. The Balaban J connectivity index is 1.84. The van der Waals surface area contributed by atoms with E-state index in [1.54, 1.807) is 12.0 Å². The summed E-state index contributed by atoms with van der Waals surface area (Å²) in [5, 5.41) is 10.8. The van der Waals surface area contributed by atoms with Gasteiger partial charge in [0, 0.05) is 0 Å². The molecule has 0 saturated carbocycles. The zero-order valence-corrected chi connectivity index (χ0v) is 13.5. The van der Waals surface area contributed by atoms with Gasteiger partial charge in [-0.25, -0.2) is 4.79 Å². The van der Waals surface area contributed by atoms with Crippen LogP contribution >= 0.6 is 0 Å². The minimum Gasteiger partial charge on any atom is -0.480 e. The van der Waals surface area contributed by atoms with Gasteiger partial charge in [-0.05, 0) is 22.8 Å². The van der Waals surface area contributed by atoms with E-state index in [-0.39, 0.29) is 18.7 Å². The Bertz CT molecular complexity index is 823. The number of carbonyl (C=O) groups excluding carboxylic acids is 1. The molecule has 1 heterocycles. The average molecular weight is 335 g/mol. The molecule has 25 heavy (non-hydrogen) atoms. The van der Waals surface area contributed by atoms with Crippen molar-refractivity contribution in [2.75, 3.05) is 6.54 Å². The van der Waals surface area contributed by atoms with Crippen molar-refractivity contribution < 1.29 is 19.5 Å². The minimum absolute atomic E-state index is 0.101. The maximum Gasteiger partial charge on any atom is 0.328 e. The van der Waals surface area contributed by atoms with Gasteiger partial charge in [0.25, 0.3) is 0 Å². The van der Waals surface area contributed by atoms with Crippen LogP contribution in [-0.2, 0) is 21.0 Å². The van der Waals surface area contributed by atoms with Gasteiger partial charge in [0.1, 0.15) is 5.94 Å². The second-order valence-electron chi connectivity index (χ2n) is 5.67. The van der Waals surface area contributed by atoms with E-state index in [1.807, 2.05) is 60.7 Å². The Morgan fingerprint density at radius 2 is 1.80 bits per heavy atom. The zero-order valence-electron chi connectivity index (χ0n) is 13.5. The highest BCUT2D eigenvalue weighted by atomic mass is 16.7. The van der Waals surface area contributed by atoms with Crippen molar-refractivity contribution in [3.63, 3.8) is 0 Å². The SMILES string of the molecule is O=C=C1C(=Cc2ccccc2)CN(OCc2ccccc2)[C@@H]1C(=O)O. The molecule has 1 aliphatic heterocycles. The lowest BCUT2D eigenvalue weighted by Gasteiger charge is -2.19. The number of hydrogen-bond donors (Lipinski definition) is 1. The monoisotopic (exact) mass is 335 g/mol. The molecular formula is C20H17NO4. The zero-order chi connectivity index (χ0) is 17.6. The van der Waals surface area contributed by atoms with E-state index < -0.39 is 12.0 Å². The van der Waals surface area contributed by atoms with Crippen molar-refractivity contribution in [1.29, 1.82) is 0 Å². The summed E-state index contributed by atoms with van der Waals surface area (Å²) in [7, 11) is 0. The molecule has 1 N–H and O–H groups in total. The highest BCUT2D eigenvalue weighted by Gasteiger charge is 2.40. The molecule has 0 unspecified atom stereocenters. The van der Waals surface area contributed by atoms with Crippen molar-refractivity contribution in [2.45, 2.75) is 12.6 Å². The first kappa shape index (κ1) is 16.9. The number of hydrogen-bond acceptors (Lipinski definition) is 4. The summed E-state index contributed by atoms with van der Waals surface area (Å²) in [6, 6.07) is 17.7. The molecule has 1 saturated heterocycles. The normalized spacial score (nSPS) is 19.1. The third-order valence-corrected chi connectivity index (χ3v) is 3.96. The molecular weight excluding hydrogens is 318 g/mol. The smallest absolute Gasteiger partial charge is 0.328 e. The van der Waals surface area contributed by atoms with Crippen LogP contribution in [0.25, 0.3) is 6.08 Å². The number of carboxylic acids is 1. The highest BCUT2D eigenvalue weighted by Crippen LogP contribution is 2.29. The molecule has 1 fully saturated rings. The first-order chi connectivity index (χ1) is 12.2. The van der Waals surface area contributed by atoms with E-state index >= 15 is 0 Å². The predicted octanol–water partition coefficient (Wildman–Crippen LogP) is 2.73. The summed E-state index contributed by atoms with van der Waals surface area (Å²) in [5.41, 5.74) is 2.51. The number of nitrogens with zero attached hydrogens (tertiary/aromatic N) is 1. The maximum absolute atomic E-state index is 11.6. The Morgan fingerprint density at radius 3 is 2.40 bits per heavy atom. The van der Waals surface area contributed by atoms with Crippen molar-refractivity contribution in [3.05, 3.63) is 82.9 Å². The lowest BCUT2D eigenvalue weighted by Crippen LogP contribution is -2.36. The third kappa shape index (κ3) is 3.92. The molecule has 2 aromatic carbocycles. The topological polar surface area (TPSA) is 66.8 Å². The number of carboxylic acid groups (broad SMARTS) is 1. The van der Waals surface area contributed by atoms with Crippen LogP contribution in [0.2, 0.25) is 0 Å². The minimum atomic E-state index is -1.16. The lowest BCUT2D eigenvalue weighted by molar-refractivity contribution is -0.188. The van der Waals surface area contributed by atoms with Gasteiger partial charge in [-0.2, -0.15) is 5.06 Å². The summed E-state index contributed by atoms with van der Waals surface area (Å²) in [6.45, 7) is 0.443. The van der Waals surface area contributed by atoms with Gasteiger partial charge in [-0.15, -0.1) is 0 Å². The van der Waals surface area contributed by atoms with Crippen LogP contribution in [0, 0.1) is 0 Å².